The second kappa shape index (κ2) is 7.50. The van der Waals surface area contributed by atoms with Crippen molar-refractivity contribution in [1.29, 1.82) is 0 Å². The molecule has 0 aliphatic heterocycles. The molecule has 2 nitrogen and oxygen atoms in total. The van der Waals surface area contributed by atoms with Gasteiger partial charge in [-0.2, -0.15) is 13.2 Å². The number of aliphatic hydroxyl groups excluding tert-OH is 1. The van der Waals surface area contributed by atoms with Gasteiger partial charge in [-0.15, -0.1) is 12.4 Å². The summed E-state index contributed by atoms with van der Waals surface area (Å²) >= 11 is 5.68. The maximum absolute atomic E-state index is 12.7. The average molecular weight is 332 g/mol. The number of rotatable bonds is 4. The summed E-state index contributed by atoms with van der Waals surface area (Å²) < 4.78 is 38.0. The monoisotopic (exact) mass is 331 g/mol. The van der Waals surface area contributed by atoms with Crippen LogP contribution in [0, 0.1) is 5.92 Å². The van der Waals surface area contributed by atoms with Crippen molar-refractivity contribution in [3.8, 4) is 0 Å². The van der Waals surface area contributed by atoms with E-state index >= 15 is 0 Å². The van der Waals surface area contributed by atoms with E-state index in [0.29, 0.717) is 6.42 Å². The Morgan fingerprint density at radius 1 is 1.30 bits per heavy atom. The minimum absolute atomic E-state index is 0. The summed E-state index contributed by atoms with van der Waals surface area (Å²) in [5, 5.41) is 9.93. The zero-order valence-electron chi connectivity index (χ0n) is 11.1. The Kier molecular flexibility index (Phi) is 7.32. The summed E-state index contributed by atoms with van der Waals surface area (Å²) in [5.41, 5.74) is 5.15. The number of benzene rings is 1. The van der Waals surface area contributed by atoms with E-state index < -0.39 is 23.9 Å². The quantitative estimate of drug-likeness (QED) is 0.869. The summed E-state index contributed by atoms with van der Waals surface area (Å²) in [6.45, 7) is 3.67. The summed E-state index contributed by atoms with van der Waals surface area (Å²) in [6.07, 6.45) is -4.72. The van der Waals surface area contributed by atoms with Gasteiger partial charge in [-0.1, -0.05) is 31.9 Å². The fourth-order valence-corrected chi connectivity index (χ4v) is 2.00. The van der Waals surface area contributed by atoms with Crippen molar-refractivity contribution in [2.24, 2.45) is 11.7 Å². The molecule has 0 aliphatic carbocycles. The predicted octanol–water partition coefficient (Wildman–Crippen LogP) is 4.19. The van der Waals surface area contributed by atoms with Crippen LogP contribution in [0.25, 0.3) is 0 Å². The first kappa shape index (κ1) is 19.5. The Hall–Kier alpha value is -0.490. The number of halogens is 5. The van der Waals surface area contributed by atoms with Crippen LogP contribution in [0.15, 0.2) is 18.2 Å². The molecule has 0 heterocycles. The molecule has 20 heavy (non-hydrogen) atoms. The summed E-state index contributed by atoms with van der Waals surface area (Å²) in [4.78, 5) is 0. The molecule has 0 aromatic heterocycles. The van der Waals surface area contributed by atoms with Gasteiger partial charge in [0.15, 0.2) is 0 Å². The summed E-state index contributed by atoms with van der Waals surface area (Å²) in [6, 6.07) is 2.23. The van der Waals surface area contributed by atoms with Gasteiger partial charge < -0.3 is 10.8 Å². The molecule has 0 amide bonds. The highest BCUT2D eigenvalue weighted by atomic mass is 35.5. The number of alkyl halides is 3. The lowest BCUT2D eigenvalue weighted by molar-refractivity contribution is -0.137. The van der Waals surface area contributed by atoms with Gasteiger partial charge in [0.05, 0.1) is 17.7 Å². The molecular weight excluding hydrogens is 314 g/mol. The van der Waals surface area contributed by atoms with E-state index in [1.54, 1.807) is 6.92 Å². The first-order valence-electron chi connectivity index (χ1n) is 5.98. The molecule has 7 heteroatoms. The Morgan fingerprint density at radius 3 is 2.30 bits per heavy atom. The molecule has 1 aromatic carbocycles. The molecule has 0 aliphatic rings. The van der Waals surface area contributed by atoms with E-state index in [9.17, 15) is 18.3 Å². The highest BCUT2D eigenvalue weighted by Crippen LogP contribution is 2.34. The minimum atomic E-state index is -4.49. The van der Waals surface area contributed by atoms with Gasteiger partial charge in [0.25, 0.3) is 0 Å². The lowest BCUT2D eigenvalue weighted by atomic mass is 9.91. The largest absolute Gasteiger partial charge is 0.416 e. The van der Waals surface area contributed by atoms with Crippen molar-refractivity contribution < 1.29 is 18.3 Å². The lowest BCUT2D eigenvalue weighted by Gasteiger charge is -2.25. The second-order valence-corrected chi connectivity index (χ2v) is 5.11. The zero-order chi connectivity index (χ0) is 14.8. The van der Waals surface area contributed by atoms with Crippen LogP contribution in [0.4, 0.5) is 13.2 Å². The second-order valence-electron chi connectivity index (χ2n) is 4.67. The molecule has 3 N–H and O–H groups in total. The predicted molar refractivity (Wildman–Crippen MR) is 76.1 cm³/mol. The van der Waals surface area contributed by atoms with Crippen molar-refractivity contribution >= 4 is 24.0 Å². The van der Waals surface area contributed by atoms with Crippen LogP contribution in [-0.4, -0.2) is 11.2 Å². The third-order valence-corrected chi connectivity index (χ3v) is 3.45. The molecule has 116 valence electrons. The number of nitrogens with two attached hydrogens (primary N) is 1. The Morgan fingerprint density at radius 2 is 1.85 bits per heavy atom. The third kappa shape index (κ3) is 4.81. The topological polar surface area (TPSA) is 46.2 Å². The molecule has 0 bridgehead atoms. The van der Waals surface area contributed by atoms with Crippen molar-refractivity contribution in [3.05, 3.63) is 34.3 Å². The van der Waals surface area contributed by atoms with E-state index in [1.807, 2.05) is 6.92 Å². The standard InChI is InChI=1S/C13H17ClF3NO.ClH/c1-3-7(2)12(19)11(18)8-4-9(13(15,16)17)6-10(14)5-8;/h4-7,11-12,19H,3,18H2,1-2H3;1H/t7?,11-,12+;/m0./s1. The van der Waals surface area contributed by atoms with Crippen molar-refractivity contribution in [1.82, 2.24) is 0 Å². The molecule has 0 saturated carbocycles. The van der Waals surface area contributed by atoms with Crippen LogP contribution in [0.3, 0.4) is 0 Å². The van der Waals surface area contributed by atoms with Gasteiger partial charge in [0.2, 0.25) is 0 Å². The third-order valence-electron chi connectivity index (χ3n) is 3.23. The summed E-state index contributed by atoms with van der Waals surface area (Å²) in [7, 11) is 0. The number of hydrogen-bond donors (Lipinski definition) is 2. The molecule has 1 rings (SSSR count). The van der Waals surface area contributed by atoms with Crippen molar-refractivity contribution in [2.75, 3.05) is 0 Å². The first-order chi connectivity index (χ1) is 8.66. The first-order valence-corrected chi connectivity index (χ1v) is 6.36. The van der Waals surface area contributed by atoms with E-state index in [0.717, 1.165) is 12.1 Å². The molecule has 0 spiro atoms. The van der Waals surface area contributed by atoms with Gasteiger partial charge in [-0.25, -0.2) is 0 Å². The highest BCUT2D eigenvalue weighted by Gasteiger charge is 2.32. The van der Waals surface area contributed by atoms with Gasteiger partial charge in [0, 0.05) is 5.02 Å². The zero-order valence-corrected chi connectivity index (χ0v) is 12.7. The van der Waals surface area contributed by atoms with E-state index in [4.69, 9.17) is 17.3 Å². The van der Waals surface area contributed by atoms with Crippen LogP contribution in [-0.2, 0) is 6.18 Å². The van der Waals surface area contributed by atoms with E-state index in [1.165, 1.54) is 6.07 Å². The van der Waals surface area contributed by atoms with Crippen LogP contribution < -0.4 is 5.73 Å². The van der Waals surface area contributed by atoms with Crippen LogP contribution >= 0.6 is 24.0 Å². The summed E-state index contributed by atoms with van der Waals surface area (Å²) in [5.74, 6) is -0.108. The molecular formula is C13H18Cl2F3NO. The Labute approximate surface area is 127 Å². The van der Waals surface area contributed by atoms with Crippen LogP contribution in [0.1, 0.15) is 37.4 Å². The molecule has 1 unspecified atom stereocenters. The van der Waals surface area contributed by atoms with Gasteiger partial charge >= 0.3 is 6.18 Å². The molecule has 0 saturated heterocycles. The molecule has 1 aromatic rings. The maximum Gasteiger partial charge on any atom is 0.416 e. The number of aliphatic hydroxyl groups is 1. The van der Waals surface area contributed by atoms with Crippen molar-refractivity contribution in [3.63, 3.8) is 0 Å². The van der Waals surface area contributed by atoms with Crippen LogP contribution in [0.2, 0.25) is 5.02 Å². The highest BCUT2D eigenvalue weighted by molar-refractivity contribution is 6.30. The Bertz CT molecular complexity index is 440. The van der Waals surface area contributed by atoms with Gasteiger partial charge in [-0.05, 0) is 29.7 Å². The molecule has 0 radical (unpaired) electrons. The fraction of sp³-hybridized carbons (Fsp3) is 0.538. The van der Waals surface area contributed by atoms with Crippen molar-refractivity contribution in [2.45, 2.75) is 38.6 Å². The van der Waals surface area contributed by atoms with E-state index in [-0.39, 0.29) is 28.9 Å². The SMILES string of the molecule is CCC(C)[C@@H](O)[C@@H](N)c1cc(Cl)cc(C(F)(F)F)c1.Cl. The Balaban J connectivity index is 0.00000361. The normalized spacial score (nSPS) is 16.2. The van der Waals surface area contributed by atoms with Gasteiger partial charge in [0.1, 0.15) is 0 Å². The van der Waals surface area contributed by atoms with Gasteiger partial charge in [-0.3, -0.25) is 0 Å². The lowest BCUT2D eigenvalue weighted by Crippen LogP contribution is -2.31. The van der Waals surface area contributed by atoms with Crippen LogP contribution in [0.5, 0.6) is 0 Å². The smallest absolute Gasteiger partial charge is 0.391 e. The number of hydrogen-bond acceptors (Lipinski definition) is 2. The maximum atomic E-state index is 12.7. The minimum Gasteiger partial charge on any atom is -0.391 e. The average Bonchev–Trinajstić information content (AvgIpc) is 2.34. The van der Waals surface area contributed by atoms with E-state index in [2.05, 4.69) is 0 Å². The fourth-order valence-electron chi connectivity index (χ4n) is 1.76. The molecule has 3 atom stereocenters. The molecule has 0 fully saturated rings.